The predicted molar refractivity (Wildman–Crippen MR) is 82.3 cm³/mol. The molecule has 4 heteroatoms. The molecule has 1 unspecified atom stereocenters. The number of hydrogen-bond acceptors (Lipinski definition) is 2. The molecule has 0 spiro atoms. The molecule has 0 aliphatic heterocycles. The maximum absolute atomic E-state index is 13.3. The van der Waals surface area contributed by atoms with E-state index in [-0.39, 0.29) is 18.0 Å². The van der Waals surface area contributed by atoms with Crippen molar-refractivity contribution in [2.24, 2.45) is 5.73 Å². The van der Waals surface area contributed by atoms with Gasteiger partial charge in [0.2, 0.25) is 0 Å². The minimum absolute atomic E-state index is 0.0725. The second-order valence-electron chi connectivity index (χ2n) is 4.86. The number of benzene rings is 2. The molecule has 0 saturated heterocycles. The summed E-state index contributed by atoms with van der Waals surface area (Å²) in [4.78, 5) is 0. The van der Waals surface area contributed by atoms with E-state index < -0.39 is 0 Å². The second kappa shape index (κ2) is 6.37. The van der Waals surface area contributed by atoms with E-state index in [1.807, 2.05) is 38.1 Å². The van der Waals surface area contributed by atoms with Crippen LogP contribution in [0.5, 0.6) is 5.75 Å². The van der Waals surface area contributed by atoms with Crippen LogP contribution >= 0.6 is 15.9 Å². The van der Waals surface area contributed by atoms with Crippen LogP contribution in [-0.4, -0.2) is 6.10 Å². The molecule has 0 saturated carbocycles. The lowest BCUT2D eigenvalue weighted by atomic mass is 9.99. The molecular formula is C16H17BrFNO. The van der Waals surface area contributed by atoms with Gasteiger partial charge in [-0.2, -0.15) is 0 Å². The van der Waals surface area contributed by atoms with Gasteiger partial charge in [0.15, 0.2) is 0 Å². The van der Waals surface area contributed by atoms with Crippen LogP contribution in [0.25, 0.3) is 0 Å². The fourth-order valence-electron chi connectivity index (χ4n) is 1.98. The topological polar surface area (TPSA) is 35.2 Å². The molecular weight excluding hydrogens is 321 g/mol. The Morgan fingerprint density at radius 3 is 2.50 bits per heavy atom. The Kier molecular flexibility index (Phi) is 4.78. The largest absolute Gasteiger partial charge is 0.491 e. The van der Waals surface area contributed by atoms with Gasteiger partial charge in [0.1, 0.15) is 11.6 Å². The lowest BCUT2D eigenvalue weighted by molar-refractivity contribution is 0.239. The molecule has 0 aliphatic carbocycles. The quantitative estimate of drug-likeness (QED) is 0.895. The zero-order valence-electron chi connectivity index (χ0n) is 11.4. The molecule has 2 N–H and O–H groups in total. The normalized spacial score (nSPS) is 12.5. The van der Waals surface area contributed by atoms with Gasteiger partial charge in [0.05, 0.1) is 16.6 Å². The van der Waals surface area contributed by atoms with Gasteiger partial charge in [-0.15, -0.1) is 0 Å². The van der Waals surface area contributed by atoms with Crippen molar-refractivity contribution in [2.75, 3.05) is 0 Å². The predicted octanol–water partition coefficient (Wildman–Crippen LogP) is 4.42. The standard InChI is InChI=1S/C16H17BrFNO/c1-10(2)20-15-6-4-3-5-12(15)16(19)11-7-8-14(18)13(17)9-11/h3-10,16H,19H2,1-2H3. The van der Waals surface area contributed by atoms with E-state index in [1.165, 1.54) is 6.07 Å². The Labute approximate surface area is 126 Å². The van der Waals surface area contributed by atoms with Crippen LogP contribution in [-0.2, 0) is 0 Å². The molecule has 0 bridgehead atoms. The van der Waals surface area contributed by atoms with E-state index in [9.17, 15) is 4.39 Å². The molecule has 2 aromatic carbocycles. The molecule has 2 aromatic rings. The number of nitrogens with two attached hydrogens (primary N) is 1. The smallest absolute Gasteiger partial charge is 0.137 e. The lowest BCUT2D eigenvalue weighted by Gasteiger charge is -2.19. The number of halogens is 2. The fraction of sp³-hybridized carbons (Fsp3) is 0.250. The minimum Gasteiger partial charge on any atom is -0.491 e. The molecule has 0 amide bonds. The van der Waals surface area contributed by atoms with Crippen LogP contribution in [0.4, 0.5) is 4.39 Å². The van der Waals surface area contributed by atoms with Crippen molar-refractivity contribution in [3.05, 3.63) is 63.9 Å². The van der Waals surface area contributed by atoms with E-state index in [0.717, 1.165) is 16.9 Å². The average molecular weight is 338 g/mol. The Morgan fingerprint density at radius 2 is 1.85 bits per heavy atom. The first-order valence-corrected chi connectivity index (χ1v) is 7.24. The van der Waals surface area contributed by atoms with E-state index >= 15 is 0 Å². The molecule has 2 rings (SSSR count). The summed E-state index contributed by atoms with van der Waals surface area (Å²) in [6, 6.07) is 12.1. The van der Waals surface area contributed by atoms with E-state index in [1.54, 1.807) is 12.1 Å². The zero-order chi connectivity index (χ0) is 14.7. The Hall–Kier alpha value is -1.39. The first kappa shape index (κ1) is 15.0. The van der Waals surface area contributed by atoms with Crippen LogP contribution in [0.2, 0.25) is 0 Å². The van der Waals surface area contributed by atoms with Crippen LogP contribution < -0.4 is 10.5 Å². The summed E-state index contributed by atoms with van der Waals surface area (Å²) >= 11 is 3.18. The molecule has 20 heavy (non-hydrogen) atoms. The third kappa shape index (κ3) is 3.38. The van der Waals surface area contributed by atoms with Gasteiger partial charge in [0, 0.05) is 5.56 Å². The van der Waals surface area contributed by atoms with Crippen molar-refractivity contribution < 1.29 is 9.13 Å². The van der Waals surface area contributed by atoms with Crippen molar-refractivity contribution in [1.29, 1.82) is 0 Å². The second-order valence-corrected chi connectivity index (χ2v) is 5.71. The van der Waals surface area contributed by atoms with Crippen molar-refractivity contribution in [1.82, 2.24) is 0 Å². The molecule has 106 valence electrons. The number of rotatable bonds is 4. The molecule has 0 heterocycles. The summed E-state index contributed by atoms with van der Waals surface area (Å²) in [6.07, 6.45) is 0.0725. The Morgan fingerprint density at radius 1 is 1.15 bits per heavy atom. The van der Waals surface area contributed by atoms with Crippen molar-refractivity contribution in [3.8, 4) is 5.75 Å². The van der Waals surface area contributed by atoms with E-state index in [4.69, 9.17) is 10.5 Å². The highest BCUT2D eigenvalue weighted by molar-refractivity contribution is 9.10. The number of ether oxygens (including phenoxy) is 1. The van der Waals surface area contributed by atoms with E-state index in [0.29, 0.717) is 4.47 Å². The third-order valence-electron chi connectivity index (χ3n) is 2.92. The van der Waals surface area contributed by atoms with Gasteiger partial charge in [-0.05, 0) is 53.5 Å². The molecule has 2 nitrogen and oxygen atoms in total. The van der Waals surface area contributed by atoms with Crippen LogP contribution in [0, 0.1) is 5.82 Å². The summed E-state index contributed by atoms with van der Waals surface area (Å²) in [5.74, 6) is 0.461. The SMILES string of the molecule is CC(C)Oc1ccccc1C(N)c1ccc(F)c(Br)c1. The average Bonchev–Trinajstić information content (AvgIpc) is 2.41. The molecule has 0 radical (unpaired) electrons. The number of hydrogen-bond donors (Lipinski definition) is 1. The summed E-state index contributed by atoms with van der Waals surface area (Å²) in [5.41, 5.74) is 8.01. The van der Waals surface area contributed by atoms with Gasteiger partial charge in [-0.3, -0.25) is 0 Å². The fourth-order valence-corrected chi connectivity index (χ4v) is 2.38. The van der Waals surface area contributed by atoms with Crippen molar-refractivity contribution in [2.45, 2.75) is 26.0 Å². The van der Waals surface area contributed by atoms with Gasteiger partial charge in [0.25, 0.3) is 0 Å². The summed E-state index contributed by atoms with van der Waals surface area (Å²) in [6.45, 7) is 3.94. The maximum atomic E-state index is 13.3. The Balaban J connectivity index is 2.37. The Bertz CT molecular complexity index is 601. The first-order chi connectivity index (χ1) is 9.49. The lowest BCUT2D eigenvalue weighted by Crippen LogP contribution is -2.15. The maximum Gasteiger partial charge on any atom is 0.137 e. The molecule has 0 aliphatic rings. The minimum atomic E-state index is -0.359. The van der Waals surface area contributed by atoms with Crippen molar-refractivity contribution >= 4 is 15.9 Å². The highest BCUT2D eigenvalue weighted by Gasteiger charge is 2.15. The number of para-hydroxylation sites is 1. The zero-order valence-corrected chi connectivity index (χ0v) is 13.0. The van der Waals surface area contributed by atoms with Gasteiger partial charge >= 0.3 is 0 Å². The molecule has 1 atom stereocenters. The summed E-state index contributed by atoms with van der Waals surface area (Å²) in [7, 11) is 0. The highest BCUT2D eigenvalue weighted by atomic mass is 79.9. The monoisotopic (exact) mass is 337 g/mol. The van der Waals surface area contributed by atoms with Crippen LogP contribution in [0.1, 0.15) is 31.0 Å². The van der Waals surface area contributed by atoms with Crippen LogP contribution in [0.15, 0.2) is 46.9 Å². The first-order valence-electron chi connectivity index (χ1n) is 6.45. The van der Waals surface area contributed by atoms with E-state index in [2.05, 4.69) is 15.9 Å². The van der Waals surface area contributed by atoms with Crippen LogP contribution in [0.3, 0.4) is 0 Å². The third-order valence-corrected chi connectivity index (χ3v) is 3.53. The van der Waals surface area contributed by atoms with Gasteiger partial charge in [-0.25, -0.2) is 4.39 Å². The van der Waals surface area contributed by atoms with Crippen molar-refractivity contribution in [3.63, 3.8) is 0 Å². The van der Waals surface area contributed by atoms with Gasteiger partial charge in [-0.1, -0.05) is 24.3 Å². The summed E-state index contributed by atoms with van der Waals surface area (Å²) in [5, 5.41) is 0. The van der Waals surface area contributed by atoms with Gasteiger partial charge < -0.3 is 10.5 Å². The molecule has 0 fully saturated rings. The highest BCUT2D eigenvalue weighted by Crippen LogP contribution is 2.30. The summed E-state index contributed by atoms with van der Waals surface area (Å²) < 4.78 is 19.5. The molecule has 0 aromatic heterocycles.